The van der Waals surface area contributed by atoms with Gasteiger partial charge >= 0.3 is 0 Å². The molecule has 6 nitrogen and oxygen atoms in total. The number of rotatable bonds is 6. The van der Waals surface area contributed by atoms with Crippen molar-refractivity contribution in [3.05, 3.63) is 64.9 Å². The molecule has 0 bridgehead atoms. The highest BCUT2D eigenvalue weighted by molar-refractivity contribution is 7.80. The average Bonchev–Trinajstić information content (AvgIpc) is 2.80. The van der Waals surface area contributed by atoms with Crippen LogP contribution in [-0.4, -0.2) is 37.1 Å². The third kappa shape index (κ3) is 4.23. The van der Waals surface area contributed by atoms with E-state index in [1.165, 1.54) is 0 Å². The first-order valence-electron chi connectivity index (χ1n) is 10.3. The van der Waals surface area contributed by atoms with Crippen LogP contribution in [0.5, 0.6) is 17.2 Å². The van der Waals surface area contributed by atoms with Gasteiger partial charge in [0, 0.05) is 24.7 Å². The SMILES string of the molecule is COc1ccc(COc2ccc(C3NC(=S)N(C)C4=C3C(=O)CCC4)cc2OC)cc1. The molecule has 2 aliphatic rings. The molecule has 4 rings (SSSR count). The predicted molar refractivity (Wildman–Crippen MR) is 122 cm³/mol. The molecule has 0 saturated heterocycles. The molecule has 0 saturated carbocycles. The second-order valence-corrected chi connectivity index (χ2v) is 8.01. The van der Waals surface area contributed by atoms with Crippen molar-refractivity contribution in [2.75, 3.05) is 21.3 Å². The Morgan fingerprint density at radius 1 is 1.06 bits per heavy atom. The first kappa shape index (κ1) is 21.2. The Morgan fingerprint density at radius 3 is 2.55 bits per heavy atom. The van der Waals surface area contributed by atoms with Crippen molar-refractivity contribution in [2.45, 2.75) is 31.9 Å². The molecule has 1 aliphatic heterocycles. The van der Waals surface area contributed by atoms with E-state index in [-0.39, 0.29) is 11.8 Å². The highest BCUT2D eigenvalue weighted by atomic mass is 32.1. The average molecular weight is 439 g/mol. The summed E-state index contributed by atoms with van der Waals surface area (Å²) in [5, 5.41) is 3.94. The second-order valence-electron chi connectivity index (χ2n) is 7.63. The summed E-state index contributed by atoms with van der Waals surface area (Å²) in [6.07, 6.45) is 2.28. The molecule has 0 spiro atoms. The molecule has 162 valence electrons. The summed E-state index contributed by atoms with van der Waals surface area (Å²) >= 11 is 5.52. The van der Waals surface area contributed by atoms with Gasteiger partial charge in [0.1, 0.15) is 12.4 Å². The van der Waals surface area contributed by atoms with Crippen molar-refractivity contribution in [1.29, 1.82) is 0 Å². The quantitative estimate of drug-likeness (QED) is 0.680. The minimum atomic E-state index is -0.281. The van der Waals surface area contributed by atoms with E-state index >= 15 is 0 Å². The molecule has 1 unspecified atom stereocenters. The Kier molecular flexibility index (Phi) is 6.13. The Hall–Kier alpha value is -3.06. The third-order valence-electron chi connectivity index (χ3n) is 5.77. The lowest BCUT2D eigenvalue weighted by molar-refractivity contribution is -0.116. The minimum absolute atomic E-state index is 0.173. The molecule has 0 radical (unpaired) electrons. The van der Waals surface area contributed by atoms with Crippen molar-refractivity contribution in [2.24, 2.45) is 0 Å². The molecular weight excluding hydrogens is 412 g/mol. The Morgan fingerprint density at radius 2 is 1.84 bits per heavy atom. The van der Waals surface area contributed by atoms with Gasteiger partial charge in [0.2, 0.25) is 0 Å². The number of benzene rings is 2. The maximum Gasteiger partial charge on any atom is 0.173 e. The molecule has 7 heteroatoms. The fourth-order valence-corrected chi connectivity index (χ4v) is 4.28. The summed E-state index contributed by atoms with van der Waals surface area (Å²) in [6, 6.07) is 13.2. The number of hydrogen-bond donors (Lipinski definition) is 1. The lowest BCUT2D eigenvalue weighted by Gasteiger charge is -2.39. The van der Waals surface area contributed by atoms with Crippen molar-refractivity contribution >= 4 is 23.1 Å². The van der Waals surface area contributed by atoms with E-state index in [9.17, 15) is 4.79 Å². The number of ether oxygens (including phenoxy) is 3. The van der Waals surface area contributed by atoms with Crippen LogP contribution in [0, 0.1) is 0 Å². The van der Waals surface area contributed by atoms with Gasteiger partial charge in [-0.2, -0.15) is 0 Å². The van der Waals surface area contributed by atoms with Gasteiger partial charge in [-0.25, -0.2) is 0 Å². The summed E-state index contributed by atoms with van der Waals surface area (Å²) in [5.74, 6) is 2.23. The summed E-state index contributed by atoms with van der Waals surface area (Å²) in [5.41, 5.74) is 3.77. The topological polar surface area (TPSA) is 60.0 Å². The van der Waals surface area contributed by atoms with Crippen LogP contribution in [0.15, 0.2) is 53.7 Å². The summed E-state index contributed by atoms with van der Waals surface area (Å²) in [4.78, 5) is 14.7. The zero-order chi connectivity index (χ0) is 22.0. The largest absolute Gasteiger partial charge is 0.497 e. The highest BCUT2D eigenvalue weighted by Gasteiger charge is 2.36. The lowest BCUT2D eigenvalue weighted by Crippen LogP contribution is -2.47. The van der Waals surface area contributed by atoms with Crippen molar-refractivity contribution in [1.82, 2.24) is 10.2 Å². The van der Waals surface area contributed by atoms with Gasteiger partial charge in [-0.05, 0) is 60.5 Å². The number of hydrogen-bond acceptors (Lipinski definition) is 5. The number of carbonyl (C=O) groups is 1. The monoisotopic (exact) mass is 438 g/mol. The molecule has 2 aromatic carbocycles. The lowest BCUT2D eigenvalue weighted by atomic mass is 9.85. The summed E-state index contributed by atoms with van der Waals surface area (Å²) in [7, 11) is 5.17. The van der Waals surface area contributed by atoms with E-state index in [0.29, 0.717) is 29.6 Å². The molecule has 1 N–H and O–H groups in total. The smallest absolute Gasteiger partial charge is 0.173 e. The van der Waals surface area contributed by atoms with Crippen LogP contribution in [0.2, 0.25) is 0 Å². The second kappa shape index (κ2) is 8.98. The molecule has 31 heavy (non-hydrogen) atoms. The number of nitrogens with one attached hydrogen (secondary N) is 1. The maximum absolute atomic E-state index is 12.8. The summed E-state index contributed by atoms with van der Waals surface area (Å²) in [6.45, 7) is 0.407. The highest BCUT2D eigenvalue weighted by Crippen LogP contribution is 2.39. The van der Waals surface area contributed by atoms with Gasteiger partial charge in [-0.3, -0.25) is 4.79 Å². The predicted octanol–water partition coefficient (Wildman–Crippen LogP) is 4.15. The van der Waals surface area contributed by atoms with E-state index in [2.05, 4.69) is 5.32 Å². The maximum atomic E-state index is 12.8. The third-order valence-corrected chi connectivity index (χ3v) is 6.16. The molecule has 2 aromatic rings. The number of Topliss-reactive ketones (excluding diaryl/α,β-unsaturated/α-hetero) is 1. The molecule has 1 atom stereocenters. The number of ketones is 1. The van der Waals surface area contributed by atoms with Crippen LogP contribution < -0.4 is 19.5 Å². The van der Waals surface area contributed by atoms with Gasteiger partial charge in [0.05, 0.1) is 20.3 Å². The minimum Gasteiger partial charge on any atom is -0.497 e. The normalized spacial score (nSPS) is 18.4. The summed E-state index contributed by atoms with van der Waals surface area (Å²) < 4.78 is 16.8. The van der Waals surface area contributed by atoms with Crippen LogP contribution in [0.3, 0.4) is 0 Å². The first-order valence-corrected chi connectivity index (χ1v) is 10.7. The van der Waals surface area contributed by atoms with Crippen molar-refractivity contribution < 1.29 is 19.0 Å². The fourth-order valence-electron chi connectivity index (χ4n) is 4.05. The molecular formula is C24H26N2O4S. The van der Waals surface area contributed by atoms with E-state index < -0.39 is 0 Å². The number of allylic oxidation sites excluding steroid dienone is 1. The van der Waals surface area contributed by atoms with Gasteiger partial charge in [-0.15, -0.1) is 0 Å². The number of thiocarbonyl (C=S) groups is 1. The van der Waals surface area contributed by atoms with E-state index in [4.69, 9.17) is 26.4 Å². The van der Waals surface area contributed by atoms with Crippen LogP contribution in [-0.2, 0) is 11.4 Å². The standard InChI is InChI=1S/C24H26N2O4S/c1-26-18-5-4-6-19(27)22(18)23(25-24(26)31)16-9-12-20(21(13-16)29-3)30-14-15-7-10-17(28-2)11-8-15/h7-13,23H,4-6,14H2,1-3H3,(H,25,31). The van der Waals surface area contributed by atoms with Crippen LogP contribution >= 0.6 is 12.2 Å². The Bertz CT molecular complexity index is 1030. The van der Waals surface area contributed by atoms with Crippen molar-refractivity contribution in [3.8, 4) is 17.2 Å². The van der Waals surface area contributed by atoms with Crippen LogP contribution in [0.4, 0.5) is 0 Å². The van der Waals surface area contributed by atoms with Gasteiger partial charge < -0.3 is 24.4 Å². The Labute approximate surface area is 187 Å². The molecule has 1 heterocycles. The molecule has 0 amide bonds. The van der Waals surface area contributed by atoms with Gasteiger partial charge in [0.25, 0.3) is 0 Å². The first-order chi connectivity index (χ1) is 15.0. The van der Waals surface area contributed by atoms with Gasteiger partial charge in [0.15, 0.2) is 22.4 Å². The number of methoxy groups -OCH3 is 2. The zero-order valence-corrected chi connectivity index (χ0v) is 18.8. The molecule has 1 aliphatic carbocycles. The number of nitrogens with zero attached hydrogens (tertiary/aromatic N) is 1. The fraction of sp³-hybridized carbons (Fsp3) is 0.333. The van der Waals surface area contributed by atoms with Crippen LogP contribution in [0.25, 0.3) is 0 Å². The van der Waals surface area contributed by atoms with Crippen LogP contribution in [0.1, 0.15) is 36.4 Å². The zero-order valence-electron chi connectivity index (χ0n) is 17.9. The van der Waals surface area contributed by atoms with E-state index in [1.54, 1.807) is 14.2 Å². The van der Waals surface area contributed by atoms with Crippen molar-refractivity contribution in [3.63, 3.8) is 0 Å². The van der Waals surface area contributed by atoms with E-state index in [1.807, 2.05) is 54.4 Å². The van der Waals surface area contributed by atoms with E-state index in [0.717, 1.165) is 41.0 Å². The number of carbonyl (C=O) groups excluding carboxylic acids is 1. The van der Waals surface area contributed by atoms with Gasteiger partial charge in [-0.1, -0.05) is 18.2 Å². The molecule has 0 fully saturated rings. The molecule has 0 aromatic heterocycles. The Balaban J connectivity index is 1.59.